The van der Waals surface area contributed by atoms with Crippen molar-refractivity contribution in [3.8, 4) is 16.9 Å². The summed E-state index contributed by atoms with van der Waals surface area (Å²) in [5.74, 6) is 0.556. The van der Waals surface area contributed by atoms with E-state index in [4.69, 9.17) is 4.74 Å². The van der Waals surface area contributed by atoms with Crippen LogP contribution in [0, 0.1) is 0 Å². The Morgan fingerprint density at radius 3 is 2.53 bits per heavy atom. The number of ether oxygens (including phenoxy) is 1. The van der Waals surface area contributed by atoms with E-state index >= 15 is 0 Å². The molecule has 3 aromatic carbocycles. The van der Waals surface area contributed by atoms with Crippen LogP contribution in [0.3, 0.4) is 0 Å². The van der Waals surface area contributed by atoms with Crippen molar-refractivity contribution < 1.29 is 14.6 Å². The molecule has 0 unspecified atom stereocenters. The summed E-state index contributed by atoms with van der Waals surface area (Å²) in [7, 11) is 1.62. The van der Waals surface area contributed by atoms with E-state index in [1.54, 1.807) is 13.2 Å². The van der Waals surface area contributed by atoms with Crippen LogP contribution in [0.15, 0.2) is 79.0 Å². The molecule has 0 aliphatic rings. The average Bonchev–Trinajstić information content (AvgIpc) is 3.21. The van der Waals surface area contributed by atoms with Crippen molar-refractivity contribution in [2.75, 3.05) is 13.7 Å². The zero-order chi connectivity index (χ0) is 20.9. The fourth-order valence-electron chi connectivity index (χ4n) is 3.69. The lowest BCUT2D eigenvalue weighted by atomic mass is 9.98. The molecule has 4 rings (SSSR count). The van der Waals surface area contributed by atoms with Gasteiger partial charge < -0.3 is 20.1 Å². The minimum atomic E-state index is -0.388. The SMILES string of the molecule is COc1ccc(-c2ccccc2C(=O)N[C@@H](CO)Cc2c[nH]c3ccccc23)cc1. The number of hydrogen-bond acceptors (Lipinski definition) is 3. The van der Waals surface area contributed by atoms with Crippen LogP contribution in [0.25, 0.3) is 22.0 Å². The van der Waals surface area contributed by atoms with Crippen molar-refractivity contribution in [3.63, 3.8) is 0 Å². The van der Waals surface area contributed by atoms with Crippen LogP contribution in [-0.2, 0) is 6.42 Å². The van der Waals surface area contributed by atoms with Gasteiger partial charge in [0.2, 0.25) is 0 Å². The van der Waals surface area contributed by atoms with E-state index in [1.807, 2.05) is 72.9 Å². The van der Waals surface area contributed by atoms with Crippen LogP contribution in [0.2, 0.25) is 0 Å². The molecule has 0 radical (unpaired) electrons. The van der Waals surface area contributed by atoms with Gasteiger partial charge in [-0.05, 0) is 47.4 Å². The molecule has 0 spiro atoms. The normalized spacial score (nSPS) is 11.9. The Bertz CT molecular complexity index is 1150. The number of benzene rings is 3. The summed E-state index contributed by atoms with van der Waals surface area (Å²) >= 11 is 0. The van der Waals surface area contributed by atoms with Gasteiger partial charge in [-0.25, -0.2) is 0 Å². The maximum absolute atomic E-state index is 13.1. The van der Waals surface area contributed by atoms with Gasteiger partial charge in [0.05, 0.1) is 19.8 Å². The fourth-order valence-corrected chi connectivity index (χ4v) is 3.69. The number of para-hydroxylation sites is 1. The molecule has 30 heavy (non-hydrogen) atoms. The summed E-state index contributed by atoms with van der Waals surface area (Å²) in [6.07, 6.45) is 2.47. The van der Waals surface area contributed by atoms with Gasteiger partial charge in [0.1, 0.15) is 5.75 Å². The second-order valence-corrected chi connectivity index (χ2v) is 7.19. The van der Waals surface area contributed by atoms with Gasteiger partial charge >= 0.3 is 0 Å². The van der Waals surface area contributed by atoms with E-state index in [1.165, 1.54) is 0 Å². The number of aliphatic hydroxyl groups is 1. The maximum Gasteiger partial charge on any atom is 0.252 e. The summed E-state index contributed by atoms with van der Waals surface area (Å²) in [6.45, 7) is -0.143. The first kappa shape index (κ1) is 19.7. The number of nitrogens with one attached hydrogen (secondary N) is 2. The number of aliphatic hydroxyl groups excluding tert-OH is 1. The Kier molecular flexibility index (Phi) is 5.82. The molecule has 0 saturated heterocycles. The highest BCUT2D eigenvalue weighted by atomic mass is 16.5. The van der Waals surface area contributed by atoms with E-state index in [-0.39, 0.29) is 18.6 Å². The second kappa shape index (κ2) is 8.84. The van der Waals surface area contributed by atoms with Crippen molar-refractivity contribution in [1.82, 2.24) is 10.3 Å². The maximum atomic E-state index is 13.1. The van der Waals surface area contributed by atoms with E-state index in [0.29, 0.717) is 12.0 Å². The molecule has 4 aromatic rings. The van der Waals surface area contributed by atoms with E-state index in [0.717, 1.165) is 33.3 Å². The van der Waals surface area contributed by atoms with Crippen molar-refractivity contribution in [3.05, 3.63) is 90.1 Å². The van der Waals surface area contributed by atoms with Crippen LogP contribution in [0.5, 0.6) is 5.75 Å². The molecule has 0 fully saturated rings. The van der Waals surface area contributed by atoms with Crippen LogP contribution in [-0.4, -0.2) is 35.8 Å². The Morgan fingerprint density at radius 2 is 1.77 bits per heavy atom. The summed E-state index contributed by atoms with van der Waals surface area (Å²) in [6, 6.07) is 22.7. The van der Waals surface area contributed by atoms with E-state index in [9.17, 15) is 9.90 Å². The summed E-state index contributed by atoms with van der Waals surface area (Å²) in [4.78, 5) is 16.3. The number of H-pyrrole nitrogens is 1. The highest BCUT2D eigenvalue weighted by molar-refractivity contribution is 6.01. The number of fused-ring (bicyclic) bond motifs is 1. The zero-order valence-electron chi connectivity index (χ0n) is 16.8. The Morgan fingerprint density at radius 1 is 1.03 bits per heavy atom. The van der Waals surface area contributed by atoms with Crippen LogP contribution in [0.1, 0.15) is 15.9 Å². The van der Waals surface area contributed by atoms with Gasteiger partial charge in [-0.2, -0.15) is 0 Å². The summed E-state index contributed by atoms with van der Waals surface area (Å²) in [5.41, 5.74) is 4.44. The van der Waals surface area contributed by atoms with Crippen LogP contribution >= 0.6 is 0 Å². The molecule has 1 heterocycles. The molecular formula is C25H24N2O3. The molecule has 0 saturated carbocycles. The van der Waals surface area contributed by atoms with Gasteiger partial charge in [-0.3, -0.25) is 4.79 Å². The molecule has 5 heteroatoms. The van der Waals surface area contributed by atoms with Gasteiger partial charge in [0, 0.05) is 22.7 Å². The second-order valence-electron chi connectivity index (χ2n) is 7.19. The fraction of sp³-hybridized carbons (Fsp3) is 0.160. The molecule has 5 nitrogen and oxygen atoms in total. The molecule has 0 aliphatic heterocycles. The van der Waals surface area contributed by atoms with Gasteiger partial charge in [0.15, 0.2) is 0 Å². The van der Waals surface area contributed by atoms with E-state index in [2.05, 4.69) is 10.3 Å². The number of rotatable bonds is 7. The third-order valence-corrected chi connectivity index (χ3v) is 5.27. The van der Waals surface area contributed by atoms with Crippen LogP contribution in [0.4, 0.5) is 0 Å². The predicted molar refractivity (Wildman–Crippen MR) is 119 cm³/mol. The Hall–Kier alpha value is -3.57. The third kappa shape index (κ3) is 4.07. The quantitative estimate of drug-likeness (QED) is 0.436. The Balaban J connectivity index is 1.55. The molecule has 0 bridgehead atoms. The molecule has 1 aromatic heterocycles. The molecular weight excluding hydrogens is 376 g/mol. The lowest BCUT2D eigenvalue weighted by molar-refractivity contribution is 0.0917. The summed E-state index contributed by atoms with van der Waals surface area (Å²) in [5, 5.41) is 14.0. The van der Waals surface area contributed by atoms with Gasteiger partial charge in [0.25, 0.3) is 5.91 Å². The minimum absolute atomic E-state index is 0.143. The number of methoxy groups -OCH3 is 1. The highest BCUT2D eigenvalue weighted by Gasteiger charge is 2.18. The van der Waals surface area contributed by atoms with Gasteiger partial charge in [-0.15, -0.1) is 0 Å². The van der Waals surface area contributed by atoms with Crippen molar-refractivity contribution >= 4 is 16.8 Å². The highest BCUT2D eigenvalue weighted by Crippen LogP contribution is 2.26. The number of aromatic amines is 1. The summed E-state index contributed by atoms with van der Waals surface area (Å²) < 4.78 is 5.22. The van der Waals surface area contributed by atoms with Crippen LogP contribution < -0.4 is 10.1 Å². The van der Waals surface area contributed by atoms with Crippen molar-refractivity contribution in [2.24, 2.45) is 0 Å². The van der Waals surface area contributed by atoms with Crippen molar-refractivity contribution in [1.29, 1.82) is 0 Å². The first-order valence-electron chi connectivity index (χ1n) is 9.89. The third-order valence-electron chi connectivity index (χ3n) is 5.27. The number of carbonyl (C=O) groups excluding carboxylic acids is 1. The topological polar surface area (TPSA) is 74.3 Å². The smallest absolute Gasteiger partial charge is 0.252 e. The van der Waals surface area contributed by atoms with Gasteiger partial charge in [-0.1, -0.05) is 48.5 Å². The Labute approximate surface area is 175 Å². The monoisotopic (exact) mass is 400 g/mol. The molecule has 3 N–H and O–H groups in total. The number of carbonyl (C=O) groups is 1. The minimum Gasteiger partial charge on any atom is -0.497 e. The van der Waals surface area contributed by atoms with E-state index < -0.39 is 0 Å². The standard InChI is InChI=1S/C25H24N2O3/c1-30-20-12-10-17(11-13-20)21-6-2-3-8-23(21)25(29)27-19(16-28)14-18-15-26-24-9-5-4-7-22(18)24/h2-13,15,19,26,28H,14,16H2,1H3,(H,27,29)/t19-/m1/s1. The largest absolute Gasteiger partial charge is 0.497 e. The number of amides is 1. The lowest BCUT2D eigenvalue weighted by Crippen LogP contribution is -2.39. The average molecular weight is 400 g/mol. The lowest BCUT2D eigenvalue weighted by Gasteiger charge is -2.18. The number of aromatic nitrogens is 1. The predicted octanol–water partition coefficient (Wildman–Crippen LogP) is 4.18. The molecule has 152 valence electrons. The first-order valence-corrected chi connectivity index (χ1v) is 9.89. The molecule has 1 atom stereocenters. The first-order chi connectivity index (χ1) is 14.7. The van der Waals surface area contributed by atoms with Crippen molar-refractivity contribution in [2.45, 2.75) is 12.5 Å². The molecule has 0 aliphatic carbocycles. The number of hydrogen-bond donors (Lipinski definition) is 3. The zero-order valence-corrected chi connectivity index (χ0v) is 16.8. The molecule has 1 amide bonds.